The van der Waals surface area contributed by atoms with E-state index in [1.807, 2.05) is 0 Å². The van der Waals surface area contributed by atoms with Gasteiger partial charge in [-0.05, 0) is 31.1 Å². The summed E-state index contributed by atoms with van der Waals surface area (Å²) in [6.45, 7) is 8.63. The van der Waals surface area contributed by atoms with Crippen LogP contribution in [0.5, 0.6) is 0 Å². The third-order valence-corrected chi connectivity index (χ3v) is 5.44. The van der Waals surface area contributed by atoms with E-state index >= 15 is 0 Å². The van der Waals surface area contributed by atoms with Gasteiger partial charge in [0.15, 0.2) is 5.96 Å². The van der Waals surface area contributed by atoms with Crippen LogP contribution in [0.3, 0.4) is 0 Å². The molecule has 6 nitrogen and oxygen atoms in total. The van der Waals surface area contributed by atoms with E-state index in [4.69, 9.17) is 4.74 Å². The Morgan fingerprint density at radius 3 is 2.46 bits per heavy atom. The summed E-state index contributed by atoms with van der Waals surface area (Å²) in [5, 5.41) is 9.64. The van der Waals surface area contributed by atoms with Gasteiger partial charge in [-0.15, -0.1) is 0 Å². The van der Waals surface area contributed by atoms with Crippen LogP contribution in [-0.2, 0) is 9.53 Å². The summed E-state index contributed by atoms with van der Waals surface area (Å²) in [5.41, 5.74) is 0.129. The second-order valence-electron chi connectivity index (χ2n) is 8.77. The highest BCUT2D eigenvalue weighted by Gasteiger charge is 2.35. The average molecular weight is 367 g/mol. The second-order valence-corrected chi connectivity index (χ2v) is 8.77. The predicted molar refractivity (Wildman–Crippen MR) is 106 cm³/mol. The molecule has 0 aromatic carbocycles. The smallest absolute Gasteiger partial charge is 0.239 e. The van der Waals surface area contributed by atoms with Crippen LogP contribution in [0.15, 0.2) is 4.99 Å². The molecule has 26 heavy (non-hydrogen) atoms. The molecule has 150 valence electrons. The normalized spacial score (nSPS) is 25.6. The van der Waals surface area contributed by atoms with Crippen LogP contribution in [0, 0.1) is 11.3 Å². The number of carbonyl (C=O) groups is 1. The number of guanidine groups is 1. The van der Waals surface area contributed by atoms with Crippen molar-refractivity contribution in [1.29, 1.82) is 0 Å². The minimum Gasteiger partial charge on any atom is -0.377 e. The number of ether oxygens (including phenoxy) is 1. The molecule has 6 heteroatoms. The van der Waals surface area contributed by atoms with Gasteiger partial charge in [0.2, 0.25) is 5.91 Å². The van der Waals surface area contributed by atoms with Crippen molar-refractivity contribution in [2.24, 2.45) is 16.3 Å². The zero-order chi connectivity index (χ0) is 19.0. The lowest BCUT2D eigenvalue weighted by atomic mass is 9.78. The van der Waals surface area contributed by atoms with E-state index in [0.29, 0.717) is 17.9 Å². The van der Waals surface area contributed by atoms with Gasteiger partial charge in [-0.1, -0.05) is 40.0 Å². The lowest BCUT2D eigenvalue weighted by Gasteiger charge is -2.40. The number of nitrogens with zero attached hydrogens (tertiary/aromatic N) is 1. The molecule has 1 heterocycles. The Bertz CT molecular complexity index is 467. The van der Waals surface area contributed by atoms with Crippen molar-refractivity contribution in [3.8, 4) is 0 Å². The summed E-state index contributed by atoms with van der Waals surface area (Å²) in [4.78, 5) is 16.4. The Hall–Kier alpha value is -1.30. The molecular formula is C20H38N4O2. The summed E-state index contributed by atoms with van der Waals surface area (Å²) in [6.07, 6.45) is 8.46. The zero-order valence-electron chi connectivity index (χ0n) is 17.1. The average Bonchev–Trinajstić information content (AvgIpc) is 2.62. The fraction of sp³-hybridized carbons (Fsp3) is 0.900. The second kappa shape index (κ2) is 10.1. The lowest BCUT2D eigenvalue weighted by Crippen LogP contribution is -2.49. The molecule has 1 saturated carbocycles. The predicted octanol–water partition coefficient (Wildman–Crippen LogP) is 2.44. The fourth-order valence-corrected chi connectivity index (χ4v) is 4.15. The van der Waals surface area contributed by atoms with Crippen molar-refractivity contribution in [2.45, 2.75) is 77.9 Å². The van der Waals surface area contributed by atoms with E-state index in [2.05, 4.69) is 41.7 Å². The molecule has 2 atom stereocenters. The van der Waals surface area contributed by atoms with Crippen LogP contribution in [0.2, 0.25) is 0 Å². The number of nitrogens with one attached hydrogen (secondary N) is 3. The number of amides is 1. The molecular weight excluding hydrogens is 328 g/mol. The molecule has 0 radical (unpaired) electrons. The Balaban J connectivity index is 1.73. The molecule has 0 aromatic rings. The molecule has 2 unspecified atom stereocenters. The number of hydrogen-bond donors (Lipinski definition) is 3. The van der Waals surface area contributed by atoms with Crippen molar-refractivity contribution in [2.75, 3.05) is 26.7 Å². The van der Waals surface area contributed by atoms with Crippen LogP contribution in [0.4, 0.5) is 0 Å². The first kappa shape index (κ1) is 21.0. The molecule has 0 aromatic heterocycles. The van der Waals surface area contributed by atoms with Crippen molar-refractivity contribution in [3.63, 3.8) is 0 Å². The van der Waals surface area contributed by atoms with E-state index in [0.717, 1.165) is 38.8 Å². The van der Waals surface area contributed by atoms with Gasteiger partial charge < -0.3 is 20.7 Å². The SMILES string of the molecule is CN=C(NCC(=O)NC1CCCCC1)NCC1CCCOC1C(C)(C)C. The number of hydrogen-bond acceptors (Lipinski definition) is 3. The standard InChI is InChI=1S/C20H38N4O2/c1-20(2,3)18-15(9-8-12-26-18)13-22-19(21-4)23-14-17(25)24-16-10-6-5-7-11-16/h15-16,18H,5-14H2,1-4H3,(H,24,25)(H2,21,22,23). The van der Waals surface area contributed by atoms with E-state index in [-0.39, 0.29) is 24.0 Å². The third kappa shape index (κ3) is 6.78. The van der Waals surface area contributed by atoms with Crippen molar-refractivity contribution in [3.05, 3.63) is 0 Å². The zero-order valence-corrected chi connectivity index (χ0v) is 17.1. The van der Waals surface area contributed by atoms with Crippen molar-refractivity contribution in [1.82, 2.24) is 16.0 Å². The molecule has 2 rings (SSSR count). The molecule has 3 N–H and O–H groups in total. The van der Waals surface area contributed by atoms with Gasteiger partial charge in [-0.2, -0.15) is 0 Å². The molecule has 2 fully saturated rings. The minimum absolute atomic E-state index is 0.0495. The summed E-state index contributed by atoms with van der Waals surface area (Å²) >= 11 is 0. The Morgan fingerprint density at radius 2 is 1.81 bits per heavy atom. The molecule has 2 aliphatic rings. The first-order valence-corrected chi connectivity index (χ1v) is 10.3. The molecule has 1 aliphatic carbocycles. The lowest BCUT2D eigenvalue weighted by molar-refractivity contribution is -0.120. The minimum atomic E-state index is 0.0495. The number of carbonyl (C=O) groups excluding carboxylic acids is 1. The Kier molecular flexibility index (Phi) is 8.19. The summed E-state index contributed by atoms with van der Waals surface area (Å²) in [6, 6.07) is 0.347. The van der Waals surface area contributed by atoms with Gasteiger partial charge in [-0.3, -0.25) is 9.79 Å². The van der Waals surface area contributed by atoms with Gasteiger partial charge in [0.1, 0.15) is 0 Å². The first-order chi connectivity index (χ1) is 12.4. The van der Waals surface area contributed by atoms with Gasteiger partial charge >= 0.3 is 0 Å². The molecule has 0 bridgehead atoms. The van der Waals surface area contributed by atoms with Crippen LogP contribution < -0.4 is 16.0 Å². The summed E-state index contributed by atoms with van der Waals surface area (Å²) < 4.78 is 6.04. The van der Waals surface area contributed by atoms with E-state index in [9.17, 15) is 4.79 Å². The Labute approximate surface area is 158 Å². The number of aliphatic imine (C=N–C) groups is 1. The summed E-state index contributed by atoms with van der Waals surface area (Å²) in [7, 11) is 1.74. The van der Waals surface area contributed by atoms with Crippen LogP contribution in [0.25, 0.3) is 0 Å². The van der Waals surface area contributed by atoms with Gasteiger partial charge in [0.25, 0.3) is 0 Å². The van der Waals surface area contributed by atoms with Crippen molar-refractivity contribution >= 4 is 11.9 Å². The summed E-state index contributed by atoms with van der Waals surface area (Å²) in [5.74, 6) is 1.19. The van der Waals surface area contributed by atoms with Crippen LogP contribution in [-0.4, -0.2) is 50.8 Å². The highest BCUT2D eigenvalue weighted by atomic mass is 16.5. The fourth-order valence-electron chi connectivity index (χ4n) is 4.15. The van der Waals surface area contributed by atoms with Gasteiger partial charge in [0.05, 0.1) is 12.6 Å². The Morgan fingerprint density at radius 1 is 1.08 bits per heavy atom. The molecule has 0 spiro atoms. The highest BCUT2D eigenvalue weighted by Crippen LogP contribution is 2.33. The van der Waals surface area contributed by atoms with Gasteiger partial charge in [0, 0.05) is 32.2 Å². The first-order valence-electron chi connectivity index (χ1n) is 10.3. The number of rotatable bonds is 5. The quantitative estimate of drug-likeness (QED) is 0.516. The van der Waals surface area contributed by atoms with Gasteiger partial charge in [-0.25, -0.2) is 0 Å². The maximum atomic E-state index is 12.1. The largest absolute Gasteiger partial charge is 0.377 e. The topological polar surface area (TPSA) is 74.8 Å². The van der Waals surface area contributed by atoms with Crippen molar-refractivity contribution < 1.29 is 9.53 Å². The van der Waals surface area contributed by atoms with Crippen LogP contribution >= 0.6 is 0 Å². The molecule has 1 saturated heterocycles. The van der Waals surface area contributed by atoms with Crippen LogP contribution in [0.1, 0.15) is 65.7 Å². The third-order valence-electron chi connectivity index (χ3n) is 5.44. The van der Waals surface area contributed by atoms with E-state index < -0.39 is 0 Å². The maximum absolute atomic E-state index is 12.1. The molecule has 1 aliphatic heterocycles. The van der Waals surface area contributed by atoms with E-state index in [1.165, 1.54) is 19.3 Å². The van der Waals surface area contributed by atoms with E-state index in [1.54, 1.807) is 7.05 Å². The maximum Gasteiger partial charge on any atom is 0.239 e. The monoisotopic (exact) mass is 366 g/mol. The molecule has 1 amide bonds. The highest BCUT2D eigenvalue weighted by molar-refractivity contribution is 5.86.